The van der Waals surface area contributed by atoms with Gasteiger partial charge in [-0.25, -0.2) is 4.79 Å². The first-order valence-corrected chi connectivity index (χ1v) is 4.77. The highest BCUT2D eigenvalue weighted by atomic mass is 16.7. The van der Waals surface area contributed by atoms with E-state index < -0.39 is 17.6 Å². The molecule has 1 atom stereocenters. The molecule has 0 saturated carbocycles. The van der Waals surface area contributed by atoms with Gasteiger partial charge < -0.3 is 5.11 Å². The van der Waals surface area contributed by atoms with E-state index in [0.717, 1.165) is 0 Å². The van der Waals surface area contributed by atoms with Crippen molar-refractivity contribution in [3.8, 4) is 0 Å². The normalized spacial score (nSPS) is 22.9. The Bertz CT molecular complexity index is 312. The second kappa shape index (κ2) is 4.14. The summed E-state index contributed by atoms with van der Waals surface area (Å²) in [6.45, 7) is 5.90. The van der Waals surface area contributed by atoms with E-state index in [1.54, 1.807) is 5.94 Å². The van der Waals surface area contributed by atoms with Crippen LogP contribution in [0.4, 0.5) is 0 Å². The number of hydrogen-bond acceptors (Lipinski definition) is 4. The summed E-state index contributed by atoms with van der Waals surface area (Å²) in [4.78, 5) is 26.9. The van der Waals surface area contributed by atoms with Gasteiger partial charge in [0.15, 0.2) is 6.04 Å². The minimum Gasteiger partial charge on any atom is -0.480 e. The Morgan fingerprint density at radius 2 is 2.20 bits per heavy atom. The van der Waals surface area contributed by atoms with Crippen LogP contribution in [0, 0.1) is 0 Å². The number of hydrogen-bond donors (Lipinski definition) is 1. The first-order chi connectivity index (χ1) is 6.85. The number of hydroxylamine groups is 2. The molecule has 84 valence electrons. The van der Waals surface area contributed by atoms with Crippen LogP contribution in [-0.4, -0.2) is 40.3 Å². The third-order valence-electron chi connectivity index (χ3n) is 1.98. The van der Waals surface area contributed by atoms with Crippen molar-refractivity contribution in [1.29, 1.82) is 0 Å². The first kappa shape index (κ1) is 11.9. The summed E-state index contributed by atoms with van der Waals surface area (Å²) in [6, 6.07) is -0.985. The molecule has 0 bridgehead atoms. The summed E-state index contributed by atoms with van der Waals surface area (Å²) in [7, 11) is 0. The fourth-order valence-corrected chi connectivity index (χ4v) is 1.50. The molecule has 0 aromatic heterocycles. The van der Waals surface area contributed by atoms with E-state index in [0.29, 0.717) is 13.0 Å². The molecule has 1 rings (SSSR count). The van der Waals surface area contributed by atoms with Gasteiger partial charge in [-0.05, 0) is 27.2 Å². The lowest BCUT2D eigenvalue weighted by molar-refractivity contribution is -0.234. The molecule has 1 fully saturated rings. The molecular formula is C10H15NO4. The molecule has 0 aliphatic carbocycles. The lowest BCUT2D eigenvalue weighted by Gasteiger charge is -2.28. The molecule has 1 N–H and O–H groups in total. The number of aliphatic carboxylic acids is 1. The summed E-state index contributed by atoms with van der Waals surface area (Å²) in [6.07, 6.45) is 0.399. The Hall–Kier alpha value is -1.16. The Labute approximate surface area is 88.3 Å². The predicted octanol–water partition coefficient (Wildman–Crippen LogP) is 0.633. The van der Waals surface area contributed by atoms with Gasteiger partial charge in [0.05, 0.1) is 5.60 Å². The van der Waals surface area contributed by atoms with Gasteiger partial charge in [-0.15, -0.1) is 0 Å². The van der Waals surface area contributed by atoms with Gasteiger partial charge in [-0.2, -0.15) is 5.06 Å². The molecule has 5 heteroatoms. The lowest BCUT2D eigenvalue weighted by Crippen LogP contribution is -2.41. The van der Waals surface area contributed by atoms with E-state index in [4.69, 9.17) is 9.94 Å². The van der Waals surface area contributed by atoms with Crippen LogP contribution in [0.2, 0.25) is 0 Å². The van der Waals surface area contributed by atoms with Crippen molar-refractivity contribution in [3.63, 3.8) is 0 Å². The molecule has 1 aliphatic rings. The molecular weight excluding hydrogens is 198 g/mol. The quantitative estimate of drug-likeness (QED) is 0.681. The predicted molar refractivity (Wildman–Crippen MR) is 52.8 cm³/mol. The minimum absolute atomic E-state index is 0.242. The van der Waals surface area contributed by atoms with Crippen molar-refractivity contribution >= 4 is 11.9 Å². The van der Waals surface area contributed by atoms with Crippen LogP contribution in [0.5, 0.6) is 0 Å². The second-order valence-electron chi connectivity index (χ2n) is 4.46. The van der Waals surface area contributed by atoms with Crippen molar-refractivity contribution in [2.75, 3.05) is 6.54 Å². The molecule has 0 amide bonds. The van der Waals surface area contributed by atoms with Gasteiger partial charge in [0.2, 0.25) is 0 Å². The maximum absolute atomic E-state index is 10.9. The fourth-order valence-electron chi connectivity index (χ4n) is 1.50. The second-order valence-corrected chi connectivity index (χ2v) is 4.46. The third-order valence-corrected chi connectivity index (χ3v) is 1.98. The van der Waals surface area contributed by atoms with Crippen LogP contribution < -0.4 is 0 Å². The van der Waals surface area contributed by atoms with Gasteiger partial charge in [0.25, 0.3) is 0 Å². The van der Waals surface area contributed by atoms with Crippen LogP contribution in [0.1, 0.15) is 27.2 Å². The number of carbonyl (C=O) groups is 1. The average molecular weight is 213 g/mol. The number of carbonyl (C=O) groups excluding carboxylic acids is 1. The molecule has 1 saturated heterocycles. The zero-order valence-corrected chi connectivity index (χ0v) is 9.11. The van der Waals surface area contributed by atoms with Crippen molar-refractivity contribution in [2.45, 2.75) is 38.8 Å². The molecule has 0 aromatic carbocycles. The Balaban J connectivity index is 2.83. The summed E-state index contributed by atoms with van der Waals surface area (Å²) in [5, 5.41) is 10.3. The lowest BCUT2D eigenvalue weighted by atomic mass is 10.1. The van der Waals surface area contributed by atoms with Crippen LogP contribution in [0.15, 0.2) is 5.57 Å². The van der Waals surface area contributed by atoms with E-state index >= 15 is 0 Å². The summed E-state index contributed by atoms with van der Waals surface area (Å²) >= 11 is 0. The fraction of sp³-hybridized carbons (Fsp3) is 0.700. The number of nitrogens with zero attached hydrogens (tertiary/aromatic N) is 1. The SMILES string of the molecule is CC(C)(C)ON1CCC(=C=O)[C@@H]1C(=O)O. The highest BCUT2D eigenvalue weighted by molar-refractivity contribution is 5.81. The highest BCUT2D eigenvalue weighted by Crippen LogP contribution is 2.25. The average Bonchev–Trinajstić information content (AvgIpc) is 2.44. The standard InChI is InChI=1S/C10H15NO4/c1-10(2,3)15-11-5-4-7(6-12)8(11)9(13)14/h8H,4-5H2,1-3H3,(H,13,14)/t8-/m1/s1. The van der Waals surface area contributed by atoms with E-state index in [-0.39, 0.29) is 5.57 Å². The van der Waals surface area contributed by atoms with E-state index in [1.807, 2.05) is 20.8 Å². The van der Waals surface area contributed by atoms with Gasteiger partial charge in [-0.1, -0.05) is 0 Å². The zero-order chi connectivity index (χ0) is 11.6. The summed E-state index contributed by atoms with van der Waals surface area (Å²) < 4.78 is 0. The maximum Gasteiger partial charge on any atom is 0.328 e. The van der Waals surface area contributed by atoms with Crippen molar-refractivity contribution in [1.82, 2.24) is 5.06 Å². The van der Waals surface area contributed by atoms with Gasteiger partial charge in [0.1, 0.15) is 5.94 Å². The molecule has 0 aromatic rings. The largest absolute Gasteiger partial charge is 0.480 e. The summed E-state index contributed by atoms with van der Waals surface area (Å²) in [5.41, 5.74) is -0.224. The Morgan fingerprint density at radius 1 is 1.60 bits per heavy atom. The van der Waals surface area contributed by atoms with Gasteiger partial charge in [-0.3, -0.25) is 9.63 Å². The molecule has 15 heavy (non-hydrogen) atoms. The van der Waals surface area contributed by atoms with Crippen LogP contribution in [-0.2, 0) is 14.4 Å². The number of carboxylic acids is 1. The molecule has 0 radical (unpaired) electrons. The third kappa shape index (κ3) is 2.89. The Kier molecular flexibility index (Phi) is 3.29. The van der Waals surface area contributed by atoms with Crippen molar-refractivity contribution in [2.24, 2.45) is 0 Å². The number of carboxylic acid groups (broad SMARTS) is 1. The smallest absolute Gasteiger partial charge is 0.328 e. The monoisotopic (exact) mass is 213 g/mol. The summed E-state index contributed by atoms with van der Waals surface area (Å²) in [5.74, 6) is 0.601. The van der Waals surface area contributed by atoms with Gasteiger partial charge >= 0.3 is 5.97 Å². The molecule has 5 nitrogen and oxygen atoms in total. The Morgan fingerprint density at radius 3 is 2.60 bits per heavy atom. The van der Waals surface area contributed by atoms with E-state index in [1.165, 1.54) is 5.06 Å². The van der Waals surface area contributed by atoms with Gasteiger partial charge in [0, 0.05) is 12.1 Å². The molecule has 0 spiro atoms. The van der Waals surface area contributed by atoms with Crippen molar-refractivity contribution in [3.05, 3.63) is 5.57 Å². The highest BCUT2D eigenvalue weighted by Gasteiger charge is 2.38. The van der Waals surface area contributed by atoms with E-state index in [9.17, 15) is 9.59 Å². The topological polar surface area (TPSA) is 66.8 Å². The van der Waals surface area contributed by atoms with Crippen LogP contribution in [0.3, 0.4) is 0 Å². The van der Waals surface area contributed by atoms with Crippen LogP contribution in [0.25, 0.3) is 0 Å². The molecule has 1 heterocycles. The maximum atomic E-state index is 10.9. The van der Waals surface area contributed by atoms with E-state index in [2.05, 4.69) is 0 Å². The minimum atomic E-state index is -1.07. The molecule has 0 unspecified atom stereocenters. The zero-order valence-electron chi connectivity index (χ0n) is 9.11. The number of rotatable bonds is 2. The van der Waals surface area contributed by atoms with Crippen LogP contribution >= 0.6 is 0 Å². The van der Waals surface area contributed by atoms with Crippen molar-refractivity contribution < 1.29 is 19.5 Å². The first-order valence-electron chi connectivity index (χ1n) is 4.77. The molecule has 1 aliphatic heterocycles.